The highest BCUT2D eigenvalue weighted by Crippen LogP contribution is 2.21. The lowest BCUT2D eigenvalue weighted by atomic mass is 10.1. The smallest absolute Gasteiger partial charge is 0.230 e. The summed E-state index contributed by atoms with van der Waals surface area (Å²) in [6.07, 6.45) is 0. The molecule has 0 amide bonds. The minimum absolute atomic E-state index is 0.259. The van der Waals surface area contributed by atoms with E-state index in [1.54, 1.807) is 0 Å². The van der Waals surface area contributed by atoms with Crippen LogP contribution in [-0.2, 0) is 0 Å². The van der Waals surface area contributed by atoms with Crippen molar-refractivity contribution < 1.29 is 0 Å². The molecule has 1 heterocycles. The molecule has 5 nitrogen and oxygen atoms in total. The zero-order valence-electron chi connectivity index (χ0n) is 12.5. The van der Waals surface area contributed by atoms with Gasteiger partial charge in [-0.25, -0.2) is 0 Å². The number of rotatable bonds is 4. The first-order valence-electron chi connectivity index (χ1n) is 6.89. The summed E-state index contributed by atoms with van der Waals surface area (Å²) < 4.78 is 0. The first kappa shape index (κ1) is 14.2. The first-order chi connectivity index (χ1) is 9.55. The summed E-state index contributed by atoms with van der Waals surface area (Å²) in [6, 6.07) is 6.17. The molecule has 0 aliphatic carbocycles. The van der Waals surface area contributed by atoms with Crippen molar-refractivity contribution in [1.82, 2.24) is 15.0 Å². The molecule has 0 aliphatic heterocycles. The summed E-state index contributed by atoms with van der Waals surface area (Å²) in [7, 11) is 0. The third-order valence-corrected chi connectivity index (χ3v) is 3.45. The van der Waals surface area contributed by atoms with Crippen LogP contribution in [0.2, 0.25) is 0 Å². The highest BCUT2D eigenvalue weighted by atomic mass is 15.3. The van der Waals surface area contributed by atoms with Crippen molar-refractivity contribution in [3.05, 3.63) is 29.3 Å². The van der Waals surface area contributed by atoms with Gasteiger partial charge in [0.05, 0.1) is 0 Å². The molecule has 106 valence electrons. The van der Waals surface area contributed by atoms with Crippen LogP contribution in [0.1, 0.15) is 25.0 Å². The molecule has 0 bridgehead atoms. The number of hydrogen-bond acceptors (Lipinski definition) is 5. The van der Waals surface area contributed by atoms with Crippen LogP contribution in [0, 0.1) is 13.8 Å². The van der Waals surface area contributed by atoms with E-state index in [1.807, 2.05) is 6.07 Å². The molecule has 1 aromatic heterocycles. The Morgan fingerprint density at radius 1 is 1.00 bits per heavy atom. The van der Waals surface area contributed by atoms with Gasteiger partial charge in [0.25, 0.3) is 0 Å². The summed E-state index contributed by atoms with van der Waals surface area (Å²) in [4.78, 5) is 15.1. The normalized spacial score (nSPS) is 10.6. The van der Waals surface area contributed by atoms with E-state index in [0.29, 0.717) is 11.8 Å². The second kappa shape index (κ2) is 5.86. The average Bonchev–Trinajstić information content (AvgIpc) is 2.42. The number of anilines is 2. The fourth-order valence-corrected chi connectivity index (χ4v) is 2.04. The van der Waals surface area contributed by atoms with E-state index in [0.717, 1.165) is 18.7 Å². The summed E-state index contributed by atoms with van der Waals surface area (Å²) in [5.74, 6) is 1.52. The van der Waals surface area contributed by atoms with E-state index in [4.69, 9.17) is 5.73 Å². The Morgan fingerprint density at radius 3 is 2.30 bits per heavy atom. The maximum atomic E-state index is 5.82. The molecular formula is C15H21N5. The summed E-state index contributed by atoms with van der Waals surface area (Å²) >= 11 is 0. The van der Waals surface area contributed by atoms with E-state index in [-0.39, 0.29) is 5.95 Å². The van der Waals surface area contributed by atoms with Crippen LogP contribution in [0.4, 0.5) is 11.9 Å². The summed E-state index contributed by atoms with van der Waals surface area (Å²) in [6.45, 7) is 9.98. The lowest BCUT2D eigenvalue weighted by Gasteiger charge is -2.19. The zero-order chi connectivity index (χ0) is 14.7. The van der Waals surface area contributed by atoms with Crippen LogP contribution in [-0.4, -0.2) is 28.0 Å². The summed E-state index contributed by atoms with van der Waals surface area (Å²) in [5.41, 5.74) is 9.25. The Morgan fingerprint density at radius 2 is 1.70 bits per heavy atom. The molecule has 0 spiro atoms. The van der Waals surface area contributed by atoms with Crippen molar-refractivity contribution in [2.75, 3.05) is 23.7 Å². The van der Waals surface area contributed by atoms with E-state index in [1.165, 1.54) is 11.1 Å². The fraction of sp³-hybridized carbons (Fsp3) is 0.400. The van der Waals surface area contributed by atoms with Gasteiger partial charge < -0.3 is 10.6 Å². The number of nitrogen functional groups attached to an aromatic ring is 1. The third-order valence-electron chi connectivity index (χ3n) is 3.45. The molecule has 0 radical (unpaired) electrons. The third kappa shape index (κ3) is 2.87. The standard InChI is InChI=1S/C15H21N5/c1-5-20(6-2)15-18-13(17-14(16)19-15)12-8-7-10(3)11(4)9-12/h7-9H,5-6H2,1-4H3,(H2,16,17,18,19). The zero-order valence-corrected chi connectivity index (χ0v) is 12.5. The molecule has 0 aliphatic rings. The molecule has 20 heavy (non-hydrogen) atoms. The van der Waals surface area contributed by atoms with Crippen molar-refractivity contribution >= 4 is 11.9 Å². The lowest BCUT2D eigenvalue weighted by Crippen LogP contribution is -2.25. The molecule has 5 heteroatoms. The molecule has 0 saturated heterocycles. The number of aromatic nitrogens is 3. The number of aryl methyl sites for hydroxylation is 2. The topological polar surface area (TPSA) is 67.9 Å². The predicted molar refractivity (Wildman–Crippen MR) is 82.7 cm³/mol. The number of hydrogen-bond donors (Lipinski definition) is 1. The van der Waals surface area contributed by atoms with Crippen molar-refractivity contribution in [3.8, 4) is 11.4 Å². The molecule has 2 aromatic rings. The predicted octanol–water partition coefficient (Wildman–Crippen LogP) is 2.58. The molecule has 1 aromatic carbocycles. The Kier molecular flexibility index (Phi) is 4.17. The second-order valence-corrected chi connectivity index (χ2v) is 4.79. The number of nitrogens with zero attached hydrogens (tertiary/aromatic N) is 4. The molecular weight excluding hydrogens is 250 g/mol. The highest BCUT2D eigenvalue weighted by molar-refractivity contribution is 5.59. The molecule has 2 rings (SSSR count). The SMILES string of the molecule is CCN(CC)c1nc(N)nc(-c2ccc(C)c(C)c2)n1. The minimum Gasteiger partial charge on any atom is -0.368 e. The largest absolute Gasteiger partial charge is 0.368 e. The monoisotopic (exact) mass is 271 g/mol. The van der Waals surface area contributed by atoms with Gasteiger partial charge in [-0.15, -0.1) is 0 Å². The van der Waals surface area contributed by atoms with E-state index < -0.39 is 0 Å². The lowest BCUT2D eigenvalue weighted by molar-refractivity contribution is 0.816. The van der Waals surface area contributed by atoms with Gasteiger partial charge in [0.2, 0.25) is 11.9 Å². The van der Waals surface area contributed by atoms with Crippen molar-refractivity contribution in [1.29, 1.82) is 0 Å². The molecule has 0 atom stereocenters. The fourth-order valence-electron chi connectivity index (χ4n) is 2.04. The van der Waals surface area contributed by atoms with Crippen LogP contribution in [0.5, 0.6) is 0 Å². The van der Waals surface area contributed by atoms with Gasteiger partial charge in [0.15, 0.2) is 5.82 Å². The van der Waals surface area contributed by atoms with E-state index >= 15 is 0 Å². The van der Waals surface area contributed by atoms with Gasteiger partial charge >= 0.3 is 0 Å². The van der Waals surface area contributed by atoms with Gasteiger partial charge in [-0.1, -0.05) is 12.1 Å². The maximum absolute atomic E-state index is 5.82. The van der Waals surface area contributed by atoms with Crippen LogP contribution in [0.3, 0.4) is 0 Å². The van der Waals surface area contributed by atoms with Crippen molar-refractivity contribution in [3.63, 3.8) is 0 Å². The van der Waals surface area contributed by atoms with Crippen LogP contribution in [0.15, 0.2) is 18.2 Å². The van der Waals surface area contributed by atoms with Crippen molar-refractivity contribution in [2.24, 2.45) is 0 Å². The molecule has 0 unspecified atom stereocenters. The first-order valence-corrected chi connectivity index (χ1v) is 6.89. The highest BCUT2D eigenvalue weighted by Gasteiger charge is 2.11. The van der Waals surface area contributed by atoms with E-state index in [2.05, 4.69) is 59.7 Å². The van der Waals surface area contributed by atoms with Crippen molar-refractivity contribution in [2.45, 2.75) is 27.7 Å². The van der Waals surface area contributed by atoms with Crippen LogP contribution < -0.4 is 10.6 Å². The van der Waals surface area contributed by atoms with Gasteiger partial charge in [-0.3, -0.25) is 0 Å². The quantitative estimate of drug-likeness (QED) is 0.925. The van der Waals surface area contributed by atoms with Crippen LogP contribution in [0.25, 0.3) is 11.4 Å². The molecule has 0 fully saturated rings. The summed E-state index contributed by atoms with van der Waals surface area (Å²) in [5, 5.41) is 0. The average molecular weight is 271 g/mol. The number of nitrogens with two attached hydrogens (primary N) is 1. The Hall–Kier alpha value is -2.17. The van der Waals surface area contributed by atoms with Gasteiger partial charge in [0, 0.05) is 18.7 Å². The maximum Gasteiger partial charge on any atom is 0.230 e. The molecule has 2 N–H and O–H groups in total. The Labute approximate surface area is 119 Å². The van der Waals surface area contributed by atoms with Gasteiger partial charge in [-0.05, 0) is 44.9 Å². The Bertz CT molecular complexity index is 605. The molecule has 0 saturated carbocycles. The van der Waals surface area contributed by atoms with Gasteiger partial charge in [0.1, 0.15) is 0 Å². The minimum atomic E-state index is 0.259. The van der Waals surface area contributed by atoms with Crippen LogP contribution >= 0.6 is 0 Å². The van der Waals surface area contributed by atoms with Gasteiger partial charge in [-0.2, -0.15) is 15.0 Å². The second-order valence-electron chi connectivity index (χ2n) is 4.79. The van der Waals surface area contributed by atoms with E-state index in [9.17, 15) is 0 Å². The Balaban J connectivity index is 2.48. The number of benzene rings is 1.